The smallest absolute Gasteiger partial charge is 0.257 e. The fourth-order valence-corrected chi connectivity index (χ4v) is 2.13. The molecule has 0 aliphatic rings. The Morgan fingerprint density at radius 3 is 2.83 bits per heavy atom. The van der Waals surface area contributed by atoms with Crippen molar-refractivity contribution in [3.05, 3.63) is 35.9 Å². The average Bonchev–Trinajstić information content (AvgIpc) is 2.99. The van der Waals surface area contributed by atoms with Gasteiger partial charge in [0.25, 0.3) is 5.91 Å². The Hall–Kier alpha value is -2.61. The quantitative estimate of drug-likeness (QED) is 0.719. The van der Waals surface area contributed by atoms with Crippen LogP contribution in [0.25, 0.3) is 0 Å². The number of hydrogen-bond acceptors (Lipinski definition) is 6. The van der Waals surface area contributed by atoms with Crippen LogP contribution in [-0.2, 0) is 13.6 Å². The van der Waals surface area contributed by atoms with Crippen LogP contribution >= 0.6 is 0 Å². The van der Waals surface area contributed by atoms with E-state index in [1.54, 1.807) is 48.2 Å². The minimum absolute atomic E-state index is 0.181. The molecule has 130 valence electrons. The molecule has 0 aliphatic carbocycles. The van der Waals surface area contributed by atoms with Gasteiger partial charge in [-0.3, -0.25) is 4.79 Å². The second kappa shape index (κ2) is 8.30. The van der Waals surface area contributed by atoms with E-state index in [0.29, 0.717) is 49.0 Å². The molecule has 0 radical (unpaired) electrons. The Labute approximate surface area is 141 Å². The number of rotatable bonds is 8. The molecule has 1 aromatic carbocycles. The number of amides is 1. The van der Waals surface area contributed by atoms with Gasteiger partial charge in [-0.2, -0.15) is 0 Å². The number of aromatic nitrogens is 3. The molecule has 0 aliphatic heterocycles. The van der Waals surface area contributed by atoms with Crippen molar-refractivity contribution in [2.45, 2.75) is 13.0 Å². The largest absolute Gasteiger partial charge is 0.497 e. The molecule has 8 nitrogen and oxygen atoms in total. The summed E-state index contributed by atoms with van der Waals surface area (Å²) < 4.78 is 12.7. The number of carbonyl (C=O) groups is 1. The van der Waals surface area contributed by atoms with Gasteiger partial charge in [0.05, 0.1) is 25.8 Å². The van der Waals surface area contributed by atoms with Crippen LogP contribution in [0.3, 0.4) is 0 Å². The zero-order valence-corrected chi connectivity index (χ0v) is 14.2. The lowest BCUT2D eigenvalue weighted by Crippen LogP contribution is -2.28. The fraction of sp³-hybridized carbons (Fsp3) is 0.438. The predicted molar refractivity (Wildman–Crippen MR) is 89.0 cm³/mol. The first-order valence-electron chi connectivity index (χ1n) is 7.66. The molecular weight excluding hydrogens is 310 g/mol. The van der Waals surface area contributed by atoms with Gasteiger partial charge in [-0.25, -0.2) is 0 Å². The summed E-state index contributed by atoms with van der Waals surface area (Å²) in [5, 5.41) is 7.82. The lowest BCUT2D eigenvalue weighted by Gasteiger charge is -2.19. The molecule has 0 bridgehead atoms. The number of methoxy groups -OCH3 is 1. The van der Waals surface area contributed by atoms with E-state index < -0.39 is 0 Å². The highest BCUT2D eigenvalue weighted by Crippen LogP contribution is 2.26. The Balaban J connectivity index is 2.20. The van der Waals surface area contributed by atoms with Gasteiger partial charge in [-0.1, -0.05) is 0 Å². The minimum Gasteiger partial charge on any atom is -0.497 e. The van der Waals surface area contributed by atoms with Crippen molar-refractivity contribution >= 4 is 5.91 Å². The first-order chi connectivity index (χ1) is 11.6. The number of aryl methyl sites for hydroxylation is 1. The third-order valence-corrected chi connectivity index (χ3v) is 3.55. The second-order valence-corrected chi connectivity index (χ2v) is 5.37. The Bertz CT molecular complexity index is 686. The van der Waals surface area contributed by atoms with Crippen molar-refractivity contribution in [1.29, 1.82) is 0 Å². The predicted octanol–water partition coefficient (Wildman–Crippen LogP) is 0.824. The van der Waals surface area contributed by atoms with Gasteiger partial charge in [-0.05, 0) is 31.2 Å². The highest BCUT2D eigenvalue weighted by Gasteiger charge is 2.19. The topological polar surface area (TPSA) is 95.5 Å². The Morgan fingerprint density at radius 2 is 2.21 bits per heavy atom. The highest BCUT2D eigenvalue weighted by atomic mass is 16.5. The molecule has 0 fully saturated rings. The van der Waals surface area contributed by atoms with Crippen LogP contribution < -0.4 is 15.2 Å². The molecule has 2 aromatic rings. The van der Waals surface area contributed by atoms with Gasteiger partial charge < -0.3 is 24.7 Å². The monoisotopic (exact) mass is 333 g/mol. The molecule has 8 heteroatoms. The van der Waals surface area contributed by atoms with Crippen LogP contribution in [0.5, 0.6) is 11.5 Å². The summed E-state index contributed by atoms with van der Waals surface area (Å²) in [6, 6.07) is 5.17. The summed E-state index contributed by atoms with van der Waals surface area (Å²) in [5.74, 6) is 1.62. The Kier molecular flexibility index (Phi) is 6.14. The fourth-order valence-electron chi connectivity index (χ4n) is 2.13. The molecule has 0 saturated carbocycles. The van der Waals surface area contributed by atoms with Crippen LogP contribution in [-0.4, -0.2) is 52.9 Å². The van der Waals surface area contributed by atoms with E-state index in [-0.39, 0.29) is 5.91 Å². The van der Waals surface area contributed by atoms with Gasteiger partial charge in [0.1, 0.15) is 17.8 Å². The summed E-state index contributed by atoms with van der Waals surface area (Å²) in [5.41, 5.74) is 5.92. The standard InChI is InChI=1S/C16H23N5O3/c1-20(10-15-19-18-11-21(15)2)16(22)13-9-12(23-3)5-6-14(13)24-8-4-7-17/h5-6,9,11H,4,7-8,10,17H2,1-3H3. The third kappa shape index (κ3) is 4.23. The normalized spacial score (nSPS) is 10.5. The van der Waals surface area contributed by atoms with Crippen molar-refractivity contribution in [3.8, 4) is 11.5 Å². The van der Waals surface area contributed by atoms with E-state index in [2.05, 4.69) is 10.2 Å². The molecule has 1 heterocycles. The van der Waals surface area contributed by atoms with Gasteiger partial charge >= 0.3 is 0 Å². The van der Waals surface area contributed by atoms with Crippen molar-refractivity contribution in [2.24, 2.45) is 12.8 Å². The molecule has 24 heavy (non-hydrogen) atoms. The first kappa shape index (κ1) is 17.7. The van der Waals surface area contributed by atoms with Crippen molar-refractivity contribution in [3.63, 3.8) is 0 Å². The average molecular weight is 333 g/mol. The maximum atomic E-state index is 12.8. The molecule has 1 aromatic heterocycles. The van der Waals surface area contributed by atoms with Crippen molar-refractivity contribution in [2.75, 3.05) is 27.3 Å². The summed E-state index contributed by atoms with van der Waals surface area (Å²) in [4.78, 5) is 14.4. The number of carbonyl (C=O) groups excluding carboxylic acids is 1. The number of ether oxygens (including phenoxy) is 2. The van der Waals surface area contributed by atoms with Gasteiger partial charge in [0.2, 0.25) is 0 Å². The van der Waals surface area contributed by atoms with Crippen LogP contribution in [0, 0.1) is 0 Å². The second-order valence-electron chi connectivity index (χ2n) is 5.37. The number of hydrogen-bond donors (Lipinski definition) is 1. The maximum absolute atomic E-state index is 12.8. The minimum atomic E-state index is -0.181. The van der Waals surface area contributed by atoms with Crippen LogP contribution in [0.2, 0.25) is 0 Å². The van der Waals surface area contributed by atoms with E-state index >= 15 is 0 Å². The van der Waals surface area contributed by atoms with Gasteiger partial charge in [0.15, 0.2) is 5.82 Å². The van der Waals surface area contributed by atoms with E-state index in [0.717, 1.165) is 0 Å². The lowest BCUT2D eigenvalue weighted by atomic mass is 10.1. The summed E-state index contributed by atoms with van der Waals surface area (Å²) in [6.45, 7) is 1.33. The zero-order valence-electron chi connectivity index (χ0n) is 14.2. The third-order valence-electron chi connectivity index (χ3n) is 3.55. The molecule has 2 N–H and O–H groups in total. The van der Waals surface area contributed by atoms with Crippen LogP contribution in [0.15, 0.2) is 24.5 Å². The van der Waals surface area contributed by atoms with E-state index in [9.17, 15) is 4.79 Å². The molecular formula is C16H23N5O3. The van der Waals surface area contributed by atoms with Gasteiger partial charge in [-0.15, -0.1) is 10.2 Å². The molecule has 1 amide bonds. The van der Waals surface area contributed by atoms with Crippen LogP contribution in [0.4, 0.5) is 0 Å². The van der Waals surface area contributed by atoms with E-state index in [1.165, 1.54) is 0 Å². The Morgan fingerprint density at radius 1 is 1.42 bits per heavy atom. The summed E-state index contributed by atoms with van der Waals surface area (Å²) in [6.07, 6.45) is 2.31. The van der Waals surface area contributed by atoms with Gasteiger partial charge in [0, 0.05) is 14.1 Å². The highest BCUT2D eigenvalue weighted by molar-refractivity contribution is 5.97. The SMILES string of the molecule is COc1ccc(OCCCN)c(C(=O)N(C)Cc2nncn2C)c1. The first-order valence-corrected chi connectivity index (χ1v) is 7.66. The molecule has 0 spiro atoms. The van der Waals surface area contributed by atoms with E-state index in [4.69, 9.17) is 15.2 Å². The zero-order chi connectivity index (χ0) is 17.5. The number of nitrogens with two attached hydrogens (primary N) is 1. The molecule has 2 rings (SSSR count). The lowest BCUT2D eigenvalue weighted by molar-refractivity contribution is 0.0775. The summed E-state index contributed by atoms with van der Waals surface area (Å²) in [7, 11) is 5.10. The maximum Gasteiger partial charge on any atom is 0.257 e. The summed E-state index contributed by atoms with van der Waals surface area (Å²) >= 11 is 0. The van der Waals surface area contributed by atoms with E-state index in [1.807, 2.05) is 7.05 Å². The number of benzene rings is 1. The van der Waals surface area contributed by atoms with Crippen molar-refractivity contribution in [1.82, 2.24) is 19.7 Å². The number of nitrogens with zero attached hydrogens (tertiary/aromatic N) is 4. The van der Waals surface area contributed by atoms with Crippen molar-refractivity contribution < 1.29 is 14.3 Å². The molecule has 0 atom stereocenters. The molecule has 0 saturated heterocycles. The molecule has 0 unspecified atom stereocenters. The van der Waals surface area contributed by atoms with Crippen LogP contribution in [0.1, 0.15) is 22.6 Å².